The number of likely N-dealkylation sites (tertiary alicyclic amines) is 2. The van der Waals surface area contributed by atoms with Gasteiger partial charge in [0.25, 0.3) is 0 Å². The van der Waals surface area contributed by atoms with Crippen molar-refractivity contribution in [3.05, 3.63) is 29.8 Å². The van der Waals surface area contributed by atoms with Crippen molar-refractivity contribution in [1.29, 1.82) is 0 Å². The van der Waals surface area contributed by atoms with Gasteiger partial charge in [0.15, 0.2) is 0 Å². The van der Waals surface area contributed by atoms with E-state index in [1.54, 1.807) is 4.90 Å². The van der Waals surface area contributed by atoms with Crippen LogP contribution in [0, 0.1) is 5.92 Å². The van der Waals surface area contributed by atoms with Gasteiger partial charge in [0.2, 0.25) is 17.7 Å². The third-order valence-electron chi connectivity index (χ3n) is 6.09. The maximum atomic E-state index is 12.7. The van der Waals surface area contributed by atoms with E-state index < -0.39 is 0 Å². The summed E-state index contributed by atoms with van der Waals surface area (Å²) in [6, 6.07) is 7.70. The van der Waals surface area contributed by atoms with Crippen LogP contribution in [-0.4, -0.2) is 65.3 Å². The van der Waals surface area contributed by atoms with Crippen LogP contribution in [0.4, 0.5) is 0 Å². The Morgan fingerprint density at radius 3 is 2.32 bits per heavy atom. The molecule has 1 aromatic rings. The molecule has 31 heavy (non-hydrogen) atoms. The van der Waals surface area contributed by atoms with Crippen molar-refractivity contribution in [2.75, 3.05) is 26.2 Å². The van der Waals surface area contributed by atoms with Crippen LogP contribution in [0.1, 0.15) is 52.5 Å². The summed E-state index contributed by atoms with van der Waals surface area (Å²) in [6.07, 6.45) is 2.13. The highest BCUT2D eigenvalue weighted by molar-refractivity contribution is 5.89. The summed E-state index contributed by atoms with van der Waals surface area (Å²) in [7, 11) is 0. The Kier molecular flexibility index (Phi) is 7.23. The van der Waals surface area contributed by atoms with Gasteiger partial charge >= 0.3 is 0 Å². The number of carbonyl (C=O) groups excluding carboxylic acids is 3. The highest BCUT2D eigenvalue weighted by Gasteiger charge is 2.40. The predicted octanol–water partition coefficient (Wildman–Crippen LogP) is 2.38. The quantitative estimate of drug-likeness (QED) is 0.753. The van der Waals surface area contributed by atoms with Crippen LogP contribution in [-0.2, 0) is 20.8 Å². The van der Waals surface area contributed by atoms with Crippen molar-refractivity contribution >= 4 is 17.7 Å². The lowest BCUT2D eigenvalue weighted by Gasteiger charge is -2.33. The molecule has 2 fully saturated rings. The lowest BCUT2D eigenvalue weighted by molar-refractivity contribution is -0.133. The van der Waals surface area contributed by atoms with E-state index in [0.717, 1.165) is 24.2 Å². The standard InChI is InChI=1S/C24H35N3O4/c1-5-31-20-8-6-17(7-9-20)14-21(28)26-12-10-19(11-13-26)25-23(30)18-15-22(29)27(16-18)24(2,3)4/h6-9,18-19H,5,10-16H2,1-4H3,(H,25,30). The molecule has 1 aromatic carbocycles. The molecule has 0 spiro atoms. The Morgan fingerprint density at radius 2 is 1.77 bits per heavy atom. The van der Waals surface area contributed by atoms with E-state index >= 15 is 0 Å². The minimum atomic E-state index is -0.286. The molecule has 0 saturated carbocycles. The van der Waals surface area contributed by atoms with E-state index in [1.807, 2.05) is 56.9 Å². The van der Waals surface area contributed by atoms with Gasteiger partial charge in [0.1, 0.15) is 5.75 Å². The van der Waals surface area contributed by atoms with E-state index in [0.29, 0.717) is 32.7 Å². The summed E-state index contributed by atoms with van der Waals surface area (Å²) in [5, 5.41) is 3.11. The van der Waals surface area contributed by atoms with Gasteiger partial charge in [-0.15, -0.1) is 0 Å². The first-order chi connectivity index (χ1) is 14.7. The van der Waals surface area contributed by atoms with Gasteiger partial charge in [-0.25, -0.2) is 0 Å². The van der Waals surface area contributed by atoms with Crippen LogP contribution in [0.15, 0.2) is 24.3 Å². The van der Waals surface area contributed by atoms with Crippen molar-refractivity contribution < 1.29 is 19.1 Å². The number of rotatable bonds is 6. The fourth-order valence-corrected chi connectivity index (χ4v) is 4.28. The molecule has 1 N–H and O–H groups in total. The average molecular weight is 430 g/mol. The van der Waals surface area contributed by atoms with Crippen molar-refractivity contribution in [2.45, 2.75) is 65.0 Å². The van der Waals surface area contributed by atoms with Gasteiger partial charge in [0.05, 0.1) is 18.9 Å². The van der Waals surface area contributed by atoms with E-state index in [-0.39, 0.29) is 41.6 Å². The maximum absolute atomic E-state index is 12.7. The summed E-state index contributed by atoms with van der Waals surface area (Å²) in [5.74, 6) is 0.633. The number of ether oxygens (including phenoxy) is 1. The number of amides is 3. The van der Waals surface area contributed by atoms with E-state index in [2.05, 4.69) is 5.32 Å². The number of piperidine rings is 1. The molecule has 1 atom stereocenters. The SMILES string of the molecule is CCOc1ccc(CC(=O)N2CCC(NC(=O)C3CC(=O)N(C(C)(C)C)C3)CC2)cc1. The third kappa shape index (κ3) is 5.99. The monoisotopic (exact) mass is 429 g/mol. The largest absolute Gasteiger partial charge is 0.494 e. The van der Waals surface area contributed by atoms with Crippen molar-refractivity contribution in [2.24, 2.45) is 5.92 Å². The lowest BCUT2D eigenvalue weighted by Crippen LogP contribution is -2.48. The zero-order valence-corrected chi connectivity index (χ0v) is 19.1. The number of benzene rings is 1. The van der Waals surface area contributed by atoms with E-state index in [1.165, 1.54) is 0 Å². The molecule has 0 aliphatic carbocycles. The van der Waals surface area contributed by atoms with Crippen molar-refractivity contribution in [3.8, 4) is 5.75 Å². The first kappa shape index (κ1) is 23.1. The second-order valence-corrected chi connectivity index (χ2v) is 9.49. The molecule has 2 aliphatic heterocycles. The molecular weight excluding hydrogens is 394 g/mol. The highest BCUT2D eigenvalue weighted by Crippen LogP contribution is 2.26. The predicted molar refractivity (Wildman–Crippen MR) is 119 cm³/mol. The second-order valence-electron chi connectivity index (χ2n) is 9.49. The van der Waals surface area contributed by atoms with Crippen LogP contribution in [0.5, 0.6) is 5.75 Å². The zero-order valence-electron chi connectivity index (χ0n) is 19.1. The molecule has 7 heteroatoms. The smallest absolute Gasteiger partial charge is 0.226 e. The number of carbonyl (C=O) groups is 3. The van der Waals surface area contributed by atoms with Crippen molar-refractivity contribution in [3.63, 3.8) is 0 Å². The molecular formula is C24H35N3O4. The molecule has 1 unspecified atom stereocenters. The number of hydrogen-bond acceptors (Lipinski definition) is 4. The minimum absolute atomic E-state index is 0.0423. The first-order valence-corrected chi connectivity index (χ1v) is 11.3. The van der Waals surface area contributed by atoms with Crippen LogP contribution in [0.2, 0.25) is 0 Å². The number of nitrogens with one attached hydrogen (secondary N) is 1. The maximum Gasteiger partial charge on any atom is 0.226 e. The molecule has 170 valence electrons. The van der Waals surface area contributed by atoms with Gasteiger partial charge in [-0.2, -0.15) is 0 Å². The van der Waals surface area contributed by atoms with Crippen LogP contribution < -0.4 is 10.1 Å². The Morgan fingerprint density at radius 1 is 1.13 bits per heavy atom. The summed E-state index contributed by atoms with van der Waals surface area (Å²) < 4.78 is 5.44. The van der Waals surface area contributed by atoms with Crippen LogP contribution >= 0.6 is 0 Å². The van der Waals surface area contributed by atoms with Gasteiger partial charge in [0, 0.05) is 37.6 Å². The van der Waals surface area contributed by atoms with Crippen LogP contribution in [0.25, 0.3) is 0 Å². The molecule has 0 radical (unpaired) electrons. The molecule has 3 amide bonds. The molecule has 2 heterocycles. The van der Waals surface area contributed by atoms with Gasteiger partial charge in [-0.05, 0) is 58.2 Å². The molecule has 3 rings (SSSR count). The van der Waals surface area contributed by atoms with Gasteiger partial charge < -0.3 is 19.9 Å². The first-order valence-electron chi connectivity index (χ1n) is 11.3. The number of nitrogens with zero attached hydrogens (tertiary/aromatic N) is 2. The Labute approximate surface area is 185 Å². The Hall–Kier alpha value is -2.57. The van der Waals surface area contributed by atoms with Crippen LogP contribution in [0.3, 0.4) is 0 Å². The fourth-order valence-electron chi connectivity index (χ4n) is 4.28. The molecule has 2 saturated heterocycles. The zero-order chi connectivity index (χ0) is 22.6. The van der Waals surface area contributed by atoms with Crippen molar-refractivity contribution in [1.82, 2.24) is 15.1 Å². The average Bonchev–Trinajstić information content (AvgIpc) is 3.12. The Balaban J connectivity index is 1.43. The second kappa shape index (κ2) is 9.71. The molecule has 0 aromatic heterocycles. The normalized spacial score (nSPS) is 20.1. The fraction of sp³-hybridized carbons (Fsp3) is 0.625. The molecule has 0 bridgehead atoms. The van der Waals surface area contributed by atoms with E-state index in [4.69, 9.17) is 4.74 Å². The minimum Gasteiger partial charge on any atom is -0.494 e. The Bertz CT molecular complexity index is 792. The molecule has 7 nitrogen and oxygen atoms in total. The topological polar surface area (TPSA) is 79.0 Å². The highest BCUT2D eigenvalue weighted by atomic mass is 16.5. The lowest BCUT2D eigenvalue weighted by atomic mass is 10.0. The molecule has 2 aliphatic rings. The third-order valence-corrected chi connectivity index (χ3v) is 6.09. The summed E-state index contributed by atoms with van der Waals surface area (Å²) >= 11 is 0. The van der Waals surface area contributed by atoms with E-state index in [9.17, 15) is 14.4 Å². The number of hydrogen-bond donors (Lipinski definition) is 1. The summed E-state index contributed by atoms with van der Waals surface area (Å²) in [5.41, 5.74) is 0.708. The summed E-state index contributed by atoms with van der Waals surface area (Å²) in [6.45, 7) is 10.3. The van der Waals surface area contributed by atoms with Gasteiger partial charge in [-0.1, -0.05) is 12.1 Å². The van der Waals surface area contributed by atoms with Gasteiger partial charge in [-0.3, -0.25) is 14.4 Å². The summed E-state index contributed by atoms with van der Waals surface area (Å²) in [4.78, 5) is 41.2.